The summed E-state index contributed by atoms with van der Waals surface area (Å²) in [5.41, 5.74) is 4.27. The van der Waals surface area contributed by atoms with Gasteiger partial charge in [0.05, 0.1) is 0 Å². The molecule has 0 unspecified atom stereocenters. The Hall–Kier alpha value is -1.43. The Morgan fingerprint density at radius 2 is 2.30 bits per heavy atom. The highest BCUT2D eigenvalue weighted by Gasteiger charge is 1.96. The van der Waals surface area contributed by atoms with Crippen LogP contribution in [0.2, 0.25) is 0 Å². The van der Waals surface area contributed by atoms with Gasteiger partial charge >= 0.3 is 5.69 Å². The van der Waals surface area contributed by atoms with Gasteiger partial charge in [-0.3, -0.25) is 0 Å². The highest BCUT2D eigenvalue weighted by Crippen LogP contribution is 1.96. The quantitative estimate of drug-likeness (QED) is 0.474. The van der Waals surface area contributed by atoms with Gasteiger partial charge in [0.25, 0.3) is 0 Å². The second-order valence-corrected chi connectivity index (χ2v) is 1.44. The van der Waals surface area contributed by atoms with Crippen LogP contribution in [0.1, 0.15) is 0 Å². The molecule has 0 bridgehead atoms. The van der Waals surface area contributed by atoms with E-state index in [2.05, 4.69) is 4.98 Å². The summed E-state index contributed by atoms with van der Waals surface area (Å²) in [6.45, 7) is 0. The molecule has 0 aliphatic rings. The van der Waals surface area contributed by atoms with Crippen molar-refractivity contribution in [1.29, 1.82) is 0 Å². The van der Waals surface area contributed by atoms with Crippen molar-refractivity contribution in [3.05, 3.63) is 22.5 Å². The maximum absolute atomic E-state index is 12.1. The van der Waals surface area contributed by atoms with E-state index in [1.807, 2.05) is 4.98 Å². The fourth-order valence-corrected chi connectivity index (χ4v) is 0.394. The third-order valence-corrected chi connectivity index (χ3v) is 0.789. The number of nitrogen functional groups attached to an aromatic ring is 1. The first-order chi connectivity index (χ1) is 4.20. The van der Waals surface area contributed by atoms with Gasteiger partial charge in [-0.2, -0.15) is 4.98 Å². The van der Waals surface area contributed by atoms with Gasteiger partial charge in [-0.25, -0.2) is 9.18 Å². The van der Waals surface area contributed by atoms with E-state index in [-0.39, 0.29) is 11.3 Å². The number of nitrogens with zero attached hydrogens (tertiary/aromatic N) is 1. The molecule has 1 aromatic rings. The van der Waals surface area contributed by atoms with Crippen LogP contribution in [0.15, 0.2) is 11.0 Å². The lowest BCUT2D eigenvalue weighted by Gasteiger charge is -1.88. The number of H-pyrrole nitrogens is 1. The second-order valence-electron chi connectivity index (χ2n) is 1.44. The molecule has 0 fully saturated rings. The summed E-state index contributed by atoms with van der Waals surface area (Å²) in [7, 11) is 0. The molecule has 0 spiro atoms. The van der Waals surface area contributed by atoms with Crippen LogP contribution in [0.4, 0.5) is 10.2 Å². The van der Waals surface area contributed by atoms with Crippen molar-refractivity contribution >= 4 is 5.82 Å². The number of hydrogen-bond acceptors (Lipinski definition) is 3. The molecule has 0 aromatic carbocycles. The van der Waals surface area contributed by atoms with Crippen LogP contribution < -0.4 is 11.4 Å². The monoisotopic (exact) mass is 147 g/mol. The van der Waals surface area contributed by atoms with Gasteiger partial charge in [0, 0.05) is 6.20 Å². The van der Waals surface area contributed by atoms with Gasteiger partial charge in [-0.05, 0) is 0 Å². The Morgan fingerprint density at radius 3 is 2.70 bits per heavy atom. The number of anilines is 1. The third kappa shape index (κ3) is 1.52. The molecule has 0 saturated heterocycles. The summed E-state index contributed by atoms with van der Waals surface area (Å²) >= 11 is 0. The average Bonchev–Trinajstić information content (AvgIpc) is 1.80. The van der Waals surface area contributed by atoms with E-state index in [0.29, 0.717) is 0 Å². The van der Waals surface area contributed by atoms with Crippen LogP contribution in [-0.4, -0.2) is 15.4 Å². The zero-order valence-electron chi connectivity index (χ0n) is 4.89. The number of nitrogens with one attached hydrogen (secondary N) is 1. The molecule has 1 heterocycles. The summed E-state index contributed by atoms with van der Waals surface area (Å²) in [5.74, 6) is -1.09. The van der Waals surface area contributed by atoms with Crippen LogP contribution in [0.5, 0.6) is 0 Å². The SMILES string of the molecule is Nc1nc(=O)[nH]cc1F.O. The molecule has 0 radical (unpaired) electrons. The number of aromatic amines is 1. The van der Waals surface area contributed by atoms with Crippen LogP contribution >= 0.6 is 0 Å². The van der Waals surface area contributed by atoms with Gasteiger partial charge in [-0.15, -0.1) is 0 Å². The Morgan fingerprint density at radius 1 is 1.70 bits per heavy atom. The Kier molecular flexibility index (Phi) is 2.51. The minimum Gasteiger partial charge on any atom is -0.412 e. The van der Waals surface area contributed by atoms with Crippen molar-refractivity contribution < 1.29 is 9.87 Å². The molecular formula is C4H6FN3O2. The van der Waals surface area contributed by atoms with Crippen molar-refractivity contribution in [2.75, 3.05) is 5.73 Å². The molecule has 56 valence electrons. The molecule has 0 atom stereocenters. The van der Waals surface area contributed by atoms with Gasteiger partial charge in [0.15, 0.2) is 11.6 Å². The lowest BCUT2D eigenvalue weighted by Crippen LogP contribution is -2.12. The summed E-state index contributed by atoms with van der Waals surface area (Å²) in [4.78, 5) is 15.3. The highest BCUT2D eigenvalue weighted by molar-refractivity contribution is 5.25. The first-order valence-electron chi connectivity index (χ1n) is 2.21. The van der Waals surface area contributed by atoms with E-state index >= 15 is 0 Å². The van der Waals surface area contributed by atoms with E-state index in [9.17, 15) is 9.18 Å². The predicted octanol–water partition coefficient (Wildman–Crippen LogP) is -1.33. The molecule has 0 aliphatic heterocycles. The molecule has 0 aliphatic carbocycles. The van der Waals surface area contributed by atoms with Crippen LogP contribution in [0.25, 0.3) is 0 Å². The Labute approximate surface area is 55.0 Å². The van der Waals surface area contributed by atoms with E-state index in [0.717, 1.165) is 6.20 Å². The fraction of sp³-hybridized carbons (Fsp3) is 0. The number of halogens is 1. The molecule has 0 amide bonds. The highest BCUT2D eigenvalue weighted by atomic mass is 19.1. The number of rotatable bonds is 0. The number of aromatic nitrogens is 2. The molecule has 5 N–H and O–H groups in total. The maximum Gasteiger partial charge on any atom is 0.347 e. The first kappa shape index (κ1) is 8.57. The molecule has 1 aromatic heterocycles. The van der Waals surface area contributed by atoms with Crippen molar-refractivity contribution in [2.24, 2.45) is 0 Å². The zero-order valence-corrected chi connectivity index (χ0v) is 4.89. The molecule has 10 heavy (non-hydrogen) atoms. The normalized spacial score (nSPS) is 8.50. The molecular weight excluding hydrogens is 141 g/mol. The number of hydrogen-bond donors (Lipinski definition) is 2. The van der Waals surface area contributed by atoms with Crippen LogP contribution in [-0.2, 0) is 0 Å². The number of nitrogens with two attached hydrogens (primary N) is 1. The molecule has 5 nitrogen and oxygen atoms in total. The van der Waals surface area contributed by atoms with E-state index in [1.54, 1.807) is 0 Å². The van der Waals surface area contributed by atoms with E-state index in [1.165, 1.54) is 0 Å². The maximum atomic E-state index is 12.1. The second kappa shape index (κ2) is 2.92. The lowest BCUT2D eigenvalue weighted by atomic mass is 10.6. The summed E-state index contributed by atoms with van der Waals surface area (Å²) in [5, 5.41) is 0. The Balaban J connectivity index is 0.000000810. The topological polar surface area (TPSA) is 103 Å². The first-order valence-corrected chi connectivity index (χ1v) is 2.21. The lowest BCUT2D eigenvalue weighted by molar-refractivity contribution is 0.617. The van der Waals surface area contributed by atoms with Gasteiger partial charge in [0.2, 0.25) is 0 Å². The largest absolute Gasteiger partial charge is 0.412 e. The summed E-state index contributed by atoms with van der Waals surface area (Å²) in [6, 6.07) is 0. The van der Waals surface area contributed by atoms with Crippen molar-refractivity contribution in [1.82, 2.24) is 9.97 Å². The van der Waals surface area contributed by atoms with Crippen molar-refractivity contribution in [3.8, 4) is 0 Å². The molecule has 1 rings (SSSR count). The van der Waals surface area contributed by atoms with Gasteiger partial charge in [-0.1, -0.05) is 0 Å². The van der Waals surface area contributed by atoms with Gasteiger partial charge < -0.3 is 16.2 Å². The summed E-state index contributed by atoms with van der Waals surface area (Å²) < 4.78 is 12.1. The van der Waals surface area contributed by atoms with Crippen molar-refractivity contribution in [3.63, 3.8) is 0 Å². The average molecular weight is 147 g/mol. The zero-order chi connectivity index (χ0) is 6.85. The van der Waals surface area contributed by atoms with Gasteiger partial charge in [0.1, 0.15) is 0 Å². The smallest absolute Gasteiger partial charge is 0.347 e. The minimum atomic E-state index is -0.713. The van der Waals surface area contributed by atoms with E-state index in [4.69, 9.17) is 5.73 Å². The third-order valence-electron chi connectivity index (χ3n) is 0.789. The summed E-state index contributed by atoms with van der Waals surface area (Å²) in [6.07, 6.45) is 0.866. The predicted molar refractivity (Wildman–Crippen MR) is 32.8 cm³/mol. The molecule has 6 heteroatoms. The van der Waals surface area contributed by atoms with Crippen molar-refractivity contribution in [2.45, 2.75) is 0 Å². The van der Waals surface area contributed by atoms with E-state index < -0.39 is 11.5 Å². The standard InChI is InChI=1S/C4H4FN3O.H2O/c5-2-1-7-4(9)8-3(2)6;/h1H,(H3,6,7,8,9);1H2. The minimum absolute atomic E-state index is 0. The van der Waals surface area contributed by atoms with Crippen LogP contribution in [0, 0.1) is 5.82 Å². The molecule has 0 saturated carbocycles. The Bertz CT molecular complexity index is 271. The fourth-order valence-electron chi connectivity index (χ4n) is 0.394. The van der Waals surface area contributed by atoms with Crippen LogP contribution in [0.3, 0.4) is 0 Å².